The minimum atomic E-state index is -1.29. The fourth-order valence-electron chi connectivity index (χ4n) is 6.60. The molecule has 1 saturated carbocycles. The number of rotatable bonds is 17. The average Bonchev–Trinajstić information content (AvgIpc) is 3.40. The number of hydrogen-bond donors (Lipinski definition) is 2. The third-order valence-electron chi connectivity index (χ3n) is 9.31. The van der Waals surface area contributed by atoms with E-state index in [2.05, 4.69) is 0 Å². The molecule has 0 spiro atoms. The van der Waals surface area contributed by atoms with Gasteiger partial charge < -0.3 is 29.2 Å². The number of hydrogen-bond acceptors (Lipinski definition) is 8. The lowest BCUT2D eigenvalue weighted by Gasteiger charge is -2.47. The van der Waals surface area contributed by atoms with Gasteiger partial charge in [0, 0.05) is 13.2 Å². The number of aliphatic hydroxyl groups excluding tert-OH is 2. The van der Waals surface area contributed by atoms with E-state index in [9.17, 15) is 19.8 Å². The monoisotopic (exact) mass is 679 g/mol. The van der Waals surface area contributed by atoms with Gasteiger partial charge in [-0.05, 0) is 41.7 Å². The Hall–Kier alpha value is -4.22. The molecule has 50 heavy (non-hydrogen) atoms. The second-order valence-corrected chi connectivity index (χ2v) is 12.8. The summed E-state index contributed by atoms with van der Waals surface area (Å²) in [5.74, 6) is -0.481. The Bertz CT molecular complexity index is 1620. The highest BCUT2D eigenvalue weighted by Crippen LogP contribution is 2.32. The Morgan fingerprint density at radius 3 is 1.30 bits per heavy atom. The third-order valence-corrected chi connectivity index (χ3v) is 9.31. The van der Waals surface area contributed by atoms with Crippen molar-refractivity contribution in [1.82, 2.24) is 4.90 Å². The van der Waals surface area contributed by atoms with E-state index >= 15 is 0 Å². The van der Waals surface area contributed by atoms with Gasteiger partial charge >= 0.3 is 0 Å². The van der Waals surface area contributed by atoms with Crippen molar-refractivity contribution >= 4 is 11.8 Å². The molecular formula is C41H45NO8. The highest BCUT2D eigenvalue weighted by atomic mass is 16.6. The highest BCUT2D eigenvalue weighted by Gasteiger charge is 2.52. The number of aliphatic hydroxyl groups is 2. The molecule has 6 atom stereocenters. The Morgan fingerprint density at radius 2 is 0.840 bits per heavy atom. The standard InChI is InChI=1S/C41H45NO8/c43-34-35(44)37(48-26-29-16-6-3-7-17-29)39(50-28-31-20-10-5-11-21-31)38(49-27-30-18-8-4-9-19-30)36(34)47-25-15-2-1-14-24-42-40(45)32-22-12-13-23-33(32)41(42)46/h3-13,16-23,34-39,43-44H,1-2,14-15,24-28H2/t34-,35+,36-,37-,38+,39+/m0/s1. The molecule has 262 valence electrons. The van der Waals surface area contributed by atoms with Crippen LogP contribution in [0.3, 0.4) is 0 Å². The number of amides is 2. The maximum atomic E-state index is 12.7. The summed E-state index contributed by atoms with van der Waals surface area (Å²) >= 11 is 0. The van der Waals surface area contributed by atoms with Gasteiger partial charge in [-0.1, -0.05) is 116 Å². The number of fused-ring (bicyclic) bond motifs is 1. The molecule has 0 radical (unpaired) electrons. The molecule has 4 aromatic carbocycles. The van der Waals surface area contributed by atoms with Crippen molar-refractivity contribution in [1.29, 1.82) is 0 Å². The van der Waals surface area contributed by atoms with Crippen LogP contribution in [0.25, 0.3) is 0 Å². The maximum absolute atomic E-state index is 12.7. The molecular weight excluding hydrogens is 634 g/mol. The molecule has 0 saturated heterocycles. The number of carbonyl (C=O) groups excluding carboxylic acids is 2. The number of benzene rings is 4. The first-order valence-electron chi connectivity index (χ1n) is 17.4. The summed E-state index contributed by atoms with van der Waals surface area (Å²) in [6.07, 6.45) is -2.94. The van der Waals surface area contributed by atoms with Crippen molar-refractivity contribution < 1.29 is 38.7 Å². The first-order valence-corrected chi connectivity index (χ1v) is 17.4. The van der Waals surface area contributed by atoms with Crippen LogP contribution >= 0.6 is 0 Å². The zero-order valence-corrected chi connectivity index (χ0v) is 28.1. The molecule has 9 nitrogen and oxygen atoms in total. The van der Waals surface area contributed by atoms with Gasteiger partial charge in [0.25, 0.3) is 11.8 Å². The summed E-state index contributed by atoms with van der Waals surface area (Å²) in [6, 6.07) is 36.1. The van der Waals surface area contributed by atoms with Gasteiger partial charge in [-0.2, -0.15) is 0 Å². The topological polar surface area (TPSA) is 115 Å². The maximum Gasteiger partial charge on any atom is 0.261 e. The molecule has 0 bridgehead atoms. The van der Waals surface area contributed by atoms with Crippen LogP contribution < -0.4 is 0 Å². The molecule has 4 aromatic rings. The highest BCUT2D eigenvalue weighted by molar-refractivity contribution is 6.21. The number of carbonyl (C=O) groups is 2. The molecule has 2 aliphatic rings. The van der Waals surface area contributed by atoms with E-state index in [1.807, 2.05) is 91.0 Å². The number of imide groups is 1. The lowest BCUT2D eigenvalue weighted by Crippen LogP contribution is -2.66. The van der Waals surface area contributed by atoms with E-state index in [4.69, 9.17) is 18.9 Å². The van der Waals surface area contributed by atoms with E-state index in [-0.39, 0.29) is 31.6 Å². The summed E-state index contributed by atoms with van der Waals surface area (Å²) in [5, 5.41) is 23.0. The van der Waals surface area contributed by atoms with Crippen LogP contribution in [0.2, 0.25) is 0 Å². The van der Waals surface area contributed by atoms with E-state index in [0.717, 1.165) is 29.5 Å². The Balaban J connectivity index is 1.10. The lowest BCUT2D eigenvalue weighted by molar-refractivity contribution is -0.272. The summed E-state index contributed by atoms with van der Waals surface area (Å²) in [5.41, 5.74) is 3.76. The Morgan fingerprint density at radius 1 is 0.460 bits per heavy atom. The SMILES string of the molecule is O=C1c2ccccc2C(=O)N1CCCCCCO[C@H]1[C@@H](O)[C@@H](O)[C@H](OCc2ccccc2)[C@@H](OCc2ccccc2)[C@@H]1OCc1ccccc1. The molecule has 1 fully saturated rings. The molecule has 9 heteroatoms. The minimum absolute atomic E-state index is 0.220. The zero-order valence-electron chi connectivity index (χ0n) is 28.1. The number of unbranched alkanes of at least 4 members (excludes halogenated alkanes) is 3. The van der Waals surface area contributed by atoms with Gasteiger partial charge in [0.1, 0.15) is 36.6 Å². The predicted octanol–water partition coefficient (Wildman–Crippen LogP) is 5.72. The van der Waals surface area contributed by atoms with E-state index in [0.29, 0.717) is 37.1 Å². The van der Waals surface area contributed by atoms with E-state index < -0.39 is 36.6 Å². The molecule has 0 aromatic heterocycles. The van der Waals surface area contributed by atoms with Crippen LogP contribution in [0.5, 0.6) is 0 Å². The number of ether oxygens (including phenoxy) is 4. The second-order valence-electron chi connectivity index (χ2n) is 12.8. The first-order chi connectivity index (χ1) is 24.5. The minimum Gasteiger partial charge on any atom is -0.387 e. The van der Waals surface area contributed by atoms with E-state index in [1.54, 1.807) is 24.3 Å². The van der Waals surface area contributed by atoms with Crippen molar-refractivity contribution in [3.63, 3.8) is 0 Å². The molecule has 2 N–H and O–H groups in total. The predicted molar refractivity (Wildman–Crippen MR) is 187 cm³/mol. The third kappa shape index (κ3) is 8.73. The van der Waals surface area contributed by atoms with Crippen LogP contribution in [-0.4, -0.2) is 76.7 Å². The molecule has 6 rings (SSSR count). The average molecular weight is 680 g/mol. The van der Waals surface area contributed by atoms with Crippen LogP contribution in [0.4, 0.5) is 0 Å². The first kappa shape index (κ1) is 35.6. The van der Waals surface area contributed by atoms with Crippen LogP contribution in [0.1, 0.15) is 63.1 Å². The largest absolute Gasteiger partial charge is 0.387 e. The van der Waals surface area contributed by atoms with Crippen molar-refractivity contribution in [3.8, 4) is 0 Å². The van der Waals surface area contributed by atoms with Crippen molar-refractivity contribution in [2.45, 2.75) is 82.1 Å². The van der Waals surface area contributed by atoms with Crippen LogP contribution in [0, 0.1) is 0 Å². The second kappa shape index (κ2) is 17.6. The van der Waals surface area contributed by atoms with Gasteiger partial charge in [0.2, 0.25) is 0 Å². The van der Waals surface area contributed by atoms with Crippen LogP contribution in [0.15, 0.2) is 115 Å². The molecule has 0 unspecified atom stereocenters. The fourth-order valence-corrected chi connectivity index (χ4v) is 6.60. The van der Waals surface area contributed by atoms with Gasteiger partial charge in [-0.15, -0.1) is 0 Å². The normalized spacial score (nSPS) is 23.3. The summed E-state index contributed by atoms with van der Waals surface area (Å²) in [7, 11) is 0. The summed E-state index contributed by atoms with van der Waals surface area (Å²) in [4.78, 5) is 26.7. The quantitative estimate of drug-likeness (QED) is 0.108. The van der Waals surface area contributed by atoms with Crippen molar-refractivity contribution in [2.24, 2.45) is 0 Å². The fraction of sp³-hybridized carbons (Fsp3) is 0.366. The lowest BCUT2D eigenvalue weighted by atomic mass is 9.84. The Labute approximate surface area is 293 Å². The van der Waals surface area contributed by atoms with Gasteiger partial charge in [0.05, 0.1) is 30.9 Å². The van der Waals surface area contributed by atoms with Gasteiger partial charge in [-0.3, -0.25) is 14.5 Å². The number of nitrogens with zero attached hydrogens (tertiary/aromatic N) is 1. The molecule has 1 aliphatic carbocycles. The van der Waals surface area contributed by atoms with Crippen LogP contribution in [-0.2, 0) is 38.8 Å². The van der Waals surface area contributed by atoms with Crippen molar-refractivity contribution in [2.75, 3.05) is 13.2 Å². The summed E-state index contributed by atoms with van der Waals surface area (Å²) in [6.45, 7) is 1.40. The smallest absolute Gasteiger partial charge is 0.261 e. The molecule has 1 heterocycles. The Kier molecular flexibility index (Phi) is 12.6. The van der Waals surface area contributed by atoms with E-state index in [1.165, 1.54) is 4.90 Å². The zero-order chi connectivity index (χ0) is 34.7. The van der Waals surface area contributed by atoms with Gasteiger partial charge in [-0.25, -0.2) is 0 Å². The van der Waals surface area contributed by atoms with Crippen molar-refractivity contribution in [3.05, 3.63) is 143 Å². The van der Waals surface area contributed by atoms with Gasteiger partial charge in [0.15, 0.2) is 0 Å². The molecule has 1 aliphatic heterocycles. The molecule has 2 amide bonds. The summed E-state index contributed by atoms with van der Waals surface area (Å²) < 4.78 is 25.7.